The summed E-state index contributed by atoms with van der Waals surface area (Å²) in [5.41, 5.74) is 2.11. The predicted molar refractivity (Wildman–Crippen MR) is 70.5 cm³/mol. The zero-order valence-electron chi connectivity index (χ0n) is 10.6. The van der Waals surface area contributed by atoms with E-state index in [4.69, 9.17) is 0 Å². The van der Waals surface area contributed by atoms with Crippen LogP contribution in [0.3, 0.4) is 0 Å². The van der Waals surface area contributed by atoms with E-state index < -0.39 is 0 Å². The summed E-state index contributed by atoms with van der Waals surface area (Å²) in [6.45, 7) is 5.14. The molecular weight excluding hydrogens is 228 g/mol. The van der Waals surface area contributed by atoms with E-state index in [0.717, 1.165) is 11.1 Å². The van der Waals surface area contributed by atoms with Gasteiger partial charge in [-0.15, -0.1) is 0 Å². The Labute approximate surface area is 106 Å². The van der Waals surface area contributed by atoms with E-state index in [9.17, 15) is 4.79 Å². The molecule has 94 valence electrons. The quantitative estimate of drug-likeness (QED) is 0.887. The smallest absolute Gasteiger partial charge is 0.293 e. The van der Waals surface area contributed by atoms with Crippen LogP contribution in [0.1, 0.15) is 18.1 Å². The maximum atomic E-state index is 11.9. The minimum absolute atomic E-state index is 0.0910. The van der Waals surface area contributed by atoms with Crippen molar-refractivity contribution in [2.75, 3.05) is 5.32 Å². The molecule has 2 aromatic rings. The Morgan fingerprint density at radius 2 is 2.22 bits per heavy atom. The Bertz CT molecular complexity index is 592. The van der Waals surface area contributed by atoms with Gasteiger partial charge in [0.2, 0.25) is 0 Å². The van der Waals surface area contributed by atoms with Gasteiger partial charge >= 0.3 is 0 Å². The second-order valence-electron chi connectivity index (χ2n) is 4.02. The van der Waals surface area contributed by atoms with Gasteiger partial charge in [-0.3, -0.25) is 9.78 Å². The minimum Gasteiger partial charge on any atom is -0.361 e. The number of hydrogen-bond donors (Lipinski definition) is 1. The van der Waals surface area contributed by atoms with E-state index in [2.05, 4.69) is 15.3 Å². The first-order valence-electron chi connectivity index (χ1n) is 5.91. The third-order valence-corrected chi connectivity index (χ3v) is 2.84. The third kappa shape index (κ3) is 2.56. The van der Waals surface area contributed by atoms with Crippen LogP contribution in [0.2, 0.25) is 0 Å². The summed E-state index contributed by atoms with van der Waals surface area (Å²) in [5, 5.41) is 3.07. The summed E-state index contributed by atoms with van der Waals surface area (Å²) in [6.07, 6.45) is 6.87. The van der Waals surface area contributed by atoms with Crippen LogP contribution in [0, 0.1) is 6.92 Å². The zero-order valence-corrected chi connectivity index (χ0v) is 10.6. The summed E-state index contributed by atoms with van der Waals surface area (Å²) < 4.78 is 1.62. The molecule has 0 atom stereocenters. The molecule has 0 radical (unpaired) electrons. The first-order chi connectivity index (χ1) is 8.72. The highest BCUT2D eigenvalue weighted by molar-refractivity contribution is 5.34. The van der Waals surface area contributed by atoms with Crippen molar-refractivity contribution in [2.24, 2.45) is 0 Å². The van der Waals surface area contributed by atoms with Crippen molar-refractivity contribution in [1.29, 1.82) is 0 Å². The second-order valence-corrected chi connectivity index (χ2v) is 4.02. The average molecular weight is 244 g/mol. The molecule has 0 aliphatic heterocycles. The third-order valence-electron chi connectivity index (χ3n) is 2.84. The number of pyridine rings is 1. The number of aromatic nitrogens is 3. The van der Waals surface area contributed by atoms with Gasteiger partial charge in [-0.05, 0) is 31.0 Å². The Kier molecular flexibility index (Phi) is 3.72. The number of nitrogens with one attached hydrogen (secondary N) is 1. The Balaban J connectivity index is 2.16. The molecule has 0 unspecified atom stereocenters. The van der Waals surface area contributed by atoms with E-state index in [-0.39, 0.29) is 5.56 Å². The Morgan fingerprint density at radius 3 is 2.94 bits per heavy atom. The molecule has 0 spiro atoms. The molecule has 0 aliphatic carbocycles. The van der Waals surface area contributed by atoms with E-state index in [1.165, 1.54) is 0 Å². The van der Waals surface area contributed by atoms with Gasteiger partial charge in [0.1, 0.15) is 0 Å². The van der Waals surface area contributed by atoms with Crippen LogP contribution in [-0.2, 0) is 13.1 Å². The van der Waals surface area contributed by atoms with Gasteiger partial charge in [0.15, 0.2) is 5.82 Å². The van der Waals surface area contributed by atoms with Gasteiger partial charge in [-0.1, -0.05) is 0 Å². The minimum atomic E-state index is -0.0910. The fourth-order valence-corrected chi connectivity index (χ4v) is 1.70. The second kappa shape index (κ2) is 5.44. The summed E-state index contributed by atoms with van der Waals surface area (Å²) in [4.78, 5) is 20.0. The first-order valence-corrected chi connectivity index (χ1v) is 5.91. The molecule has 0 saturated heterocycles. The molecule has 0 bridgehead atoms. The predicted octanol–water partition coefficient (Wildman–Crippen LogP) is 1.58. The molecule has 0 aliphatic rings. The fraction of sp³-hybridized carbons (Fsp3) is 0.308. The molecule has 1 N–H and O–H groups in total. The lowest BCUT2D eigenvalue weighted by molar-refractivity contribution is 0.718. The molecule has 0 amide bonds. The summed E-state index contributed by atoms with van der Waals surface area (Å²) in [6, 6.07) is 1.93. The largest absolute Gasteiger partial charge is 0.361 e. The Hall–Kier alpha value is -2.17. The van der Waals surface area contributed by atoms with Gasteiger partial charge in [-0.25, -0.2) is 4.98 Å². The van der Waals surface area contributed by atoms with Crippen molar-refractivity contribution in [3.8, 4) is 0 Å². The van der Waals surface area contributed by atoms with Crippen LogP contribution >= 0.6 is 0 Å². The number of aryl methyl sites for hydroxylation is 2. The standard InChI is InChI=1S/C13H16N4O/c1-3-17-7-6-15-12(13(17)18)16-9-11-4-5-14-8-10(11)2/h4-8H,3,9H2,1-2H3,(H,15,16). The molecular formula is C13H16N4O. The van der Waals surface area contributed by atoms with Crippen molar-refractivity contribution in [3.63, 3.8) is 0 Å². The van der Waals surface area contributed by atoms with Crippen LogP contribution in [-0.4, -0.2) is 14.5 Å². The topological polar surface area (TPSA) is 59.8 Å². The van der Waals surface area contributed by atoms with Gasteiger partial charge in [0.25, 0.3) is 5.56 Å². The monoisotopic (exact) mass is 244 g/mol. The molecule has 5 heteroatoms. The normalized spacial score (nSPS) is 10.3. The van der Waals surface area contributed by atoms with Crippen LogP contribution in [0.25, 0.3) is 0 Å². The summed E-state index contributed by atoms with van der Waals surface area (Å²) in [7, 11) is 0. The van der Waals surface area contributed by atoms with E-state index in [1.54, 1.807) is 29.4 Å². The molecule has 5 nitrogen and oxygen atoms in total. The lowest BCUT2D eigenvalue weighted by Crippen LogP contribution is -2.23. The number of rotatable bonds is 4. The first kappa shape index (κ1) is 12.3. The highest BCUT2D eigenvalue weighted by Crippen LogP contribution is 2.06. The SMILES string of the molecule is CCn1ccnc(NCc2ccncc2C)c1=O. The van der Waals surface area contributed by atoms with Crippen LogP contribution in [0.5, 0.6) is 0 Å². The average Bonchev–Trinajstić information content (AvgIpc) is 2.39. The molecule has 2 rings (SSSR count). The highest BCUT2D eigenvalue weighted by Gasteiger charge is 2.04. The Morgan fingerprint density at radius 1 is 1.39 bits per heavy atom. The van der Waals surface area contributed by atoms with Crippen LogP contribution < -0.4 is 10.9 Å². The number of hydrogen-bond acceptors (Lipinski definition) is 4. The van der Waals surface area contributed by atoms with Gasteiger partial charge in [-0.2, -0.15) is 0 Å². The van der Waals surface area contributed by atoms with E-state index in [1.807, 2.05) is 19.9 Å². The van der Waals surface area contributed by atoms with Gasteiger partial charge in [0, 0.05) is 37.9 Å². The van der Waals surface area contributed by atoms with Crippen molar-refractivity contribution < 1.29 is 0 Å². The maximum absolute atomic E-state index is 11.9. The number of anilines is 1. The van der Waals surface area contributed by atoms with Crippen LogP contribution in [0.15, 0.2) is 35.6 Å². The molecule has 2 heterocycles. The van der Waals surface area contributed by atoms with Gasteiger partial charge < -0.3 is 9.88 Å². The fourth-order valence-electron chi connectivity index (χ4n) is 1.70. The van der Waals surface area contributed by atoms with E-state index >= 15 is 0 Å². The molecule has 0 aromatic carbocycles. The molecule has 2 aromatic heterocycles. The van der Waals surface area contributed by atoms with Crippen molar-refractivity contribution in [2.45, 2.75) is 26.9 Å². The number of nitrogens with zero attached hydrogens (tertiary/aromatic N) is 3. The molecule has 18 heavy (non-hydrogen) atoms. The van der Waals surface area contributed by atoms with E-state index in [0.29, 0.717) is 18.9 Å². The van der Waals surface area contributed by atoms with Crippen molar-refractivity contribution >= 4 is 5.82 Å². The van der Waals surface area contributed by atoms with Gasteiger partial charge in [0.05, 0.1) is 0 Å². The zero-order chi connectivity index (χ0) is 13.0. The highest BCUT2D eigenvalue weighted by atomic mass is 16.1. The molecule has 0 saturated carbocycles. The lowest BCUT2D eigenvalue weighted by Gasteiger charge is -2.08. The molecule has 0 fully saturated rings. The van der Waals surface area contributed by atoms with Crippen molar-refractivity contribution in [3.05, 3.63) is 52.3 Å². The maximum Gasteiger partial charge on any atom is 0.293 e. The van der Waals surface area contributed by atoms with Crippen molar-refractivity contribution in [1.82, 2.24) is 14.5 Å². The summed E-state index contributed by atoms with van der Waals surface area (Å²) in [5.74, 6) is 0.385. The van der Waals surface area contributed by atoms with Crippen LogP contribution in [0.4, 0.5) is 5.82 Å². The summed E-state index contributed by atoms with van der Waals surface area (Å²) >= 11 is 0. The lowest BCUT2D eigenvalue weighted by atomic mass is 10.1.